The molecule has 2 fully saturated rings. The van der Waals surface area contributed by atoms with Crippen LogP contribution in [0.25, 0.3) is 0 Å². The van der Waals surface area contributed by atoms with E-state index in [2.05, 4.69) is 25.0 Å². The third kappa shape index (κ3) is 4.14. The van der Waals surface area contributed by atoms with E-state index < -0.39 is 5.91 Å². The number of carbonyl (C=O) groups is 2. The minimum atomic E-state index is -0.422. The molecule has 1 aliphatic heterocycles. The van der Waals surface area contributed by atoms with Gasteiger partial charge in [0.2, 0.25) is 11.9 Å². The average Bonchev–Trinajstić information content (AvgIpc) is 3.23. The third-order valence-corrected chi connectivity index (χ3v) is 5.83. The van der Waals surface area contributed by atoms with E-state index in [0.29, 0.717) is 17.4 Å². The first-order valence-corrected chi connectivity index (χ1v) is 10.4. The molecule has 148 valence electrons. The van der Waals surface area contributed by atoms with Crippen LogP contribution in [0.5, 0.6) is 5.75 Å². The van der Waals surface area contributed by atoms with E-state index in [0.717, 1.165) is 37.0 Å². The molecule has 2 aliphatic rings. The summed E-state index contributed by atoms with van der Waals surface area (Å²) in [7, 11) is 1.56. The van der Waals surface area contributed by atoms with Crippen molar-refractivity contribution in [3.63, 3.8) is 0 Å². The molecule has 1 saturated carbocycles. The fourth-order valence-electron chi connectivity index (χ4n) is 3.26. The van der Waals surface area contributed by atoms with Gasteiger partial charge in [-0.15, -0.1) is 10.2 Å². The molecule has 1 saturated heterocycles. The molecule has 1 aromatic carbocycles. The van der Waals surface area contributed by atoms with Gasteiger partial charge in [-0.2, -0.15) is 0 Å². The SMILES string of the molecule is COc1ccc(C(=O)NC(=O)CSc2nnc(N3CCCC3)n2C2CC2)cc1. The van der Waals surface area contributed by atoms with Gasteiger partial charge in [-0.25, -0.2) is 0 Å². The van der Waals surface area contributed by atoms with Crippen LogP contribution in [-0.2, 0) is 4.79 Å². The number of rotatable bonds is 7. The Labute approximate surface area is 167 Å². The van der Waals surface area contributed by atoms with Gasteiger partial charge in [-0.1, -0.05) is 11.8 Å². The Morgan fingerprint density at radius 1 is 1.18 bits per heavy atom. The normalized spacial score (nSPS) is 16.2. The minimum absolute atomic E-state index is 0.118. The van der Waals surface area contributed by atoms with E-state index in [1.54, 1.807) is 31.4 Å². The zero-order chi connectivity index (χ0) is 19.5. The van der Waals surface area contributed by atoms with Crippen molar-refractivity contribution in [2.24, 2.45) is 0 Å². The summed E-state index contributed by atoms with van der Waals surface area (Å²) >= 11 is 1.32. The molecule has 0 spiro atoms. The Balaban J connectivity index is 1.36. The van der Waals surface area contributed by atoms with Crippen molar-refractivity contribution < 1.29 is 14.3 Å². The summed E-state index contributed by atoms with van der Waals surface area (Å²) in [6, 6.07) is 7.05. The molecule has 28 heavy (non-hydrogen) atoms. The molecule has 0 atom stereocenters. The smallest absolute Gasteiger partial charge is 0.257 e. The number of nitrogens with zero attached hydrogens (tertiary/aromatic N) is 4. The third-order valence-electron chi connectivity index (χ3n) is 4.88. The Bertz CT molecular complexity index is 857. The summed E-state index contributed by atoms with van der Waals surface area (Å²) in [5, 5.41) is 11.8. The van der Waals surface area contributed by atoms with Crippen molar-refractivity contribution in [3.8, 4) is 5.75 Å². The van der Waals surface area contributed by atoms with E-state index in [4.69, 9.17) is 4.74 Å². The molecule has 0 radical (unpaired) electrons. The lowest BCUT2D eigenvalue weighted by Crippen LogP contribution is -2.31. The van der Waals surface area contributed by atoms with Gasteiger partial charge >= 0.3 is 0 Å². The summed E-state index contributed by atoms with van der Waals surface area (Å²) in [6.07, 6.45) is 4.59. The standard InChI is InChI=1S/C19H23N5O3S/c1-27-15-8-4-13(5-9-15)17(26)20-16(25)12-28-19-22-21-18(23-10-2-3-11-23)24(19)14-6-7-14/h4-5,8-9,14H,2-3,6-7,10-12H2,1H3,(H,20,25,26). The van der Waals surface area contributed by atoms with Crippen LogP contribution in [0.1, 0.15) is 42.1 Å². The molecule has 1 N–H and O–H groups in total. The number of hydrogen-bond acceptors (Lipinski definition) is 7. The summed E-state index contributed by atoms with van der Waals surface area (Å²) in [5.41, 5.74) is 0.414. The first-order valence-electron chi connectivity index (χ1n) is 9.46. The quantitative estimate of drug-likeness (QED) is 0.712. The zero-order valence-electron chi connectivity index (χ0n) is 15.8. The monoisotopic (exact) mass is 401 g/mol. The lowest BCUT2D eigenvalue weighted by molar-refractivity contribution is -0.117. The number of amides is 2. The van der Waals surface area contributed by atoms with Crippen LogP contribution in [0.15, 0.2) is 29.4 Å². The van der Waals surface area contributed by atoms with Gasteiger partial charge < -0.3 is 9.64 Å². The van der Waals surface area contributed by atoms with Gasteiger partial charge in [0.15, 0.2) is 5.16 Å². The summed E-state index contributed by atoms with van der Waals surface area (Å²) in [6.45, 7) is 2.01. The maximum Gasteiger partial charge on any atom is 0.257 e. The molecule has 9 heteroatoms. The van der Waals surface area contributed by atoms with Gasteiger partial charge in [0.1, 0.15) is 5.75 Å². The van der Waals surface area contributed by atoms with Crippen LogP contribution in [0.4, 0.5) is 5.95 Å². The summed E-state index contributed by atoms with van der Waals surface area (Å²) in [5.74, 6) is 0.921. The second-order valence-electron chi connectivity index (χ2n) is 6.97. The molecule has 0 unspecified atom stereocenters. The van der Waals surface area contributed by atoms with Crippen LogP contribution < -0.4 is 15.0 Å². The maximum absolute atomic E-state index is 12.2. The molecule has 2 amide bonds. The number of aromatic nitrogens is 3. The van der Waals surface area contributed by atoms with E-state index in [1.165, 1.54) is 24.6 Å². The number of methoxy groups -OCH3 is 1. The molecule has 0 bridgehead atoms. The highest BCUT2D eigenvalue weighted by Crippen LogP contribution is 2.41. The second kappa shape index (κ2) is 8.22. The number of anilines is 1. The van der Waals surface area contributed by atoms with Crippen molar-refractivity contribution in [1.29, 1.82) is 0 Å². The molecular formula is C19H23N5O3S. The van der Waals surface area contributed by atoms with Gasteiger partial charge in [-0.3, -0.25) is 19.5 Å². The fraction of sp³-hybridized carbons (Fsp3) is 0.474. The van der Waals surface area contributed by atoms with Gasteiger partial charge in [0.05, 0.1) is 12.9 Å². The zero-order valence-corrected chi connectivity index (χ0v) is 16.6. The predicted octanol–water partition coefficient (Wildman–Crippen LogP) is 2.27. The first-order chi connectivity index (χ1) is 13.7. The van der Waals surface area contributed by atoms with Gasteiger partial charge in [0.25, 0.3) is 5.91 Å². The maximum atomic E-state index is 12.2. The molecule has 4 rings (SSSR count). The molecule has 1 aliphatic carbocycles. The Morgan fingerprint density at radius 2 is 1.89 bits per heavy atom. The largest absolute Gasteiger partial charge is 0.497 e. The van der Waals surface area contributed by atoms with Crippen LogP contribution in [0.2, 0.25) is 0 Å². The Kier molecular flexibility index (Phi) is 5.52. The number of ether oxygens (including phenoxy) is 1. The van der Waals surface area contributed by atoms with Crippen molar-refractivity contribution >= 4 is 29.5 Å². The van der Waals surface area contributed by atoms with Crippen molar-refractivity contribution in [3.05, 3.63) is 29.8 Å². The number of carbonyl (C=O) groups excluding carboxylic acids is 2. The molecular weight excluding hydrogens is 378 g/mol. The number of nitrogens with one attached hydrogen (secondary N) is 1. The predicted molar refractivity (Wildman–Crippen MR) is 106 cm³/mol. The van der Waals surface area contributed by atoms with E-state index in [1.807, 2.05) is 0 Å². The molecule has 2 heterocycles. The Morgan fingerprint density at radius 3 is 2.54 bits per heavy atom. The van der Waals surface area contributed by atoms with E-state index in [9.17, 15) is 9.59 Å². The lowest BCUT2D eigenvalue weighted by Gasteiger charge is -2.17. The minimum Gasteiger partial charge on any atom is -0.497 e. The van der Waals surface area contributed by atoms with Gasteiger partial charge in [0, 0.05) is 24.7 Å². The van der Waals surface area contributed by atoms with Crippen LogP contribution in [0.3, 0.4) is 0 Å². The first kappa shape index (κ1) is 18.8. The van der Waals surface area contributed by atoms with Crippen LogP contribution >= 0.6 is 11.8 Å². The molecule has 8 nitrogen and oxygen atoms in total. The van der Waals surface area contributed by atoms with Crippen LogP contribution in [-0.4, -0.2) is 52.5 Å². The van der Waals surface area contributed by atoms with Crippen molar-refractivity contribution in [2.75, 3.05) is 30.9 Å². The lowest BCUT2D eigenvalue weighted by atomic mass is 10.2. The molecule has 2 aromatic rings. The summed E-state index contributed by atoms with van der Waals surface area (Å²) < 4.78 is 7.23. The fourth-order valence-corrected chi connectivity index (χ4v) is 4.06. The second-order valence-corrected chi connectivity index (χ2v) is 7.91. The summed E-state index contributed by atoms with van der Waals surface area (Å²) in [4.78, 5) is 26.7. The van der Waals surface area contributed by atoms with Crippen LogP contribution in [0, 0.1) is 0 Å². The number of benzene rings is 1. The highest BCUT2D eigenvalue weighted by molar-refractivity contribution is 7.99. The average molecular weight is 401 g/mol. The highest BCUT2D eigenvalue weighted by Gasteiger charge is 2.32. The number of hydrogen-bond donors (Lipinski definition) is 1. The number of thioether (sulfide) groups is 1. The Hall–Kier alpha value is -2.55. The van der Waals surface area contributed by atoms with Crippen molar-refractivity contribution in [1.82, 2.24) is 20.1 Å². The van der Waals surface area contributed by atoms with Gasteiger partial charge in [-0.05, 0) is 49.9 Å². The van der Waals surface area contributed by atoms with E-state index in [-0.39, 0.29) is 11.7 Å². The molecule has 1 aromatic heterocycles. The highest BCUT2D eigenvalue weighted by atomic mass is 32.2. The number of imide groups is 1. The van der Waals surface area contributed by atoms with Crippen molar-refractivity contribution in [2.45, 2.75) is 36.9 Å². The van der Waals surface area contributed by atoms with E-state index >= 15 is 0 Å². The topological polar surface area (TPSA) is 89.3 Å².